The number of piperidine rings is 1. The standard InChI is InChI=1S/C15H22N2O2/c1-10-9-12(7-8-16-10)15(19)17-14-6-4-3-5-13(14)11(2)18/h3-6,10-12,16,18H,7-9H2,1-2H3,(H,17,19). The van der Waals surface area contributed by atoms with E-state index in [2.05, 4.69) is 17.6 Å². The molecule has 4 heteroatoms. The minimum Gasteiger partial charge on any atom is -0.389 e. The van der Waals surface area contributed by atoms with Gasteiger partial charge in [0, 0.05) is 23.2 Å². The number of para-hydroxylation sites is 1. The fourth-order valence-electron chi connectivity index (χ4n) is 2.58. The predicted octanol–water partition coefficient (Wildman–Crippen LogP) is 2.07. The van der Waals surface area contributed by atoms with Crippen LogP contribution in [0.4, 0.5) is 5.69 Å². The Morgan fingerprint density at radius 3 is 2.89 bits per heavy atom. The molecule has 1 aromatic rings. The van der Waals surface area contributed by atoms with Gasteiger partial charge in [-0.2, -0.15) is 0 Å². The summed E-state index contributed by atoms with van der Waals surface area (Å²) in [6, 6.07) is 7.80. The Bertz CT molecular complexity index is 446. The van der Waals surface area contributed by atoms with Gasteiger partial charge in [0.05, 0.1) is 6.10 Å². The molecule has 1 aromatic carbocycles. The Kier molecular flexibility index (Phi) is 4.56. The van der Waals surface area contributed by atoms with E-state index in [1.165, 1.54) is 0 Å². The second kappa shape index (κ2) is 6.17. The zero-order valence-electron chi connectivity index (χ0n) is 11.5. The van der Waals surface area contributed by atoms with Crippen LogP contribution in [0.5, 0.6) is 0 Å². The summed E-state index contributed by atoms with van der Waals surface area (Å²) < 4.78 is 0. The molecule has 4 nitrogen and oxygen atoms in total. The van der Waals surface area contributed by atoms with E-state index >= 15 is 0 Å². The Morgan fingerprint density at radius 1 is 1.47 bits per heavy atom. The van der Waals surface area contributed by atoms with Crippen LogP contribution in [-0.2, 0) is 4.79 Å². The van der Waals surface area contributed by atoms with Crippen LogP contribution in [0.2, 0.25) is 0 Å². The molecular weight excluding hydrogens is 240 g/mol. The van der Waals surface area contributed by atoms with Crippen LogP contribution < -0.4 is 10.6 Å². The molecule has 1 saturated heterocycles. The Hall–Kier alpha value is -1.39. The molecule has 1 aliphatic rings. The normalized spacial score (nSPS) is 24.8. The number of hydrogen-bond acceptors (Lipinski definition) is 3. The van der Waals surface area contributed by atoms with Crippen molar-refractivity contribution >= 4 is 11.6 Å². The van der Waals surface area contributed by atoms with Gasteiger partial charge in [0.15, 0.2) is 0 Å². The second-order valence-corrected chi connectivity index (χ2v) is 5.33. The highest BCUT2D eigenvalue weighted by Crippen LogP contribution is 2.24. The lowest BCUT2D eigenvalue weighted by Crippen LogP contribution is -2.40. The first-order chi connectivity index (χ1) is 9.08. The molecule has 0 aliphatic carbocycles. The molecule has 0 aromatic heterocycles. The molecule has 0 spiro atoms. The van der Waals surface area contributed by atoms with Crippen molar-refractivity contribution in [3.05, 3.63) is 29.8 Å². The summed E-state index contributed by atoms with van der Waals surface area (Å²) in [5.41, 5.74) is 1.48. The number of aliphatic hydroxyl groups excluding tert-OH is 1. The van der Waals surface area contributed by atoms with E-state index < -0.39 is 6.10 Å². The van der Waals surface area contributed by atoms with Gasteiger partial charge < -0.3 is 15.7 Å². The van der Waals surface area contributed by atoms with Crippen LogP contribution in [0.15, 0.2) is 24.3 Å². The highest BCUT2D eigenvalue weighted by molar-refractivity contribution is 5.93. The van der Waals surface area contributed by atoms with Gasteiger partial charge in [0.25, 0.3) is 0 Å². The minimum absolute atomic E-state index is 0.0540. The van der Waals surface area contributed by atoms with Gasteiger partial charge in [-0.1, -0.05) is 18.2 Å². The molecule has 0 saturated carbocycles. The van der Waals surface area contributed by atoms with Gasteiger partial charge in [-0.05, 0) is 39.3 Å². The lowest BCUT2D eigenvalue weighted by Gasteiger charge is -2.27. The number of carbonyl (C=O) groups excluding carboxylic acids is 1. The van der Waals surface area contributed by atoms with Gasteiger partial charge in [0.2, 0.25) is 5.91 Å². The third kappa shape index (κ3) is 3.55. The van der Waals surface area contributed by atoms with Crippen molar-refractivity contribution in [1.82, 2.24) is 5.32 Å². The highest BCUT2D eigenvalue weighted by Gasteiger charge is 2.25. The molecule has 1 heterocycles. The van der Waals surface area contributed by atoms with Gasteiger partial charge >= 0.3 is 0 Å². The van der Waals surface area contributed by atoms with E-state index in [0.29, 0.717) is 11.7 Å². The average Bonchev–Trinajstić information content (AvgIpc) is 2.39. The van der Waals surface area contributed by atoms with E-state index in [1.807, 2.05) is 24.3 Å². The van der Waals surface area contributed by atoms with Crippen LogP contribution in [0.25, 0.3) is 0 Å². The van der Waals surface area contributed by atoms with Crippen LogP contribution in [0.3, 0.4) is 0 Å². The summed E-state index contributed by atoms with van der Waals surface area (Å²) in [4.78, 5) is 12.3. The SMILES string of the molecule is CC1CC(C(=O)Nc2ccccc2C(C)O)CCN1. The minimum atomic E-state index is -0.580. The summed E-state index contributed by atoms with van der Waals surface area (Å²) in [6.07, 6.45) is 1.15. The number of carbonyl (C=O) groups is 1. The van der Waals surface area contributed by atoms with Crippen molar-refractivity contribution in [3.63, 3.8) is 0 Å². The maximum absolute atomic E-state index is 12.3. The first-order valence-electron chi connectivity index (χ1n) is 6.89. The van der Waals surface area contributed by atoms with E-state index in [9.17, 15) is 9.90 Å². The van der Waals surface area contributed by atoms with E-state index in [1.54, 1.807) is 6.92 Å². The van der Waals surface area contributed by atoms with E-state index in [4.69, 9.17) is 0 Å². The molecule has 19 heavy (non-hydrogen) atoms. The molecule has 1 amide bonds. The van der Waals surface area contributed by atoms with Crippen molar-refractivity contribution in [2.75, 3.05) is 11.9 Å². The number of benzene rings is 1. The first kappa shape index (κ1) is 14.0. The largest absolute Gasteiger partial charge is 0.389 e. The van der Waals surface area contributed by atoms with E-state index in [0.717, 1.165) is 24.9 Å². The third-order valence-corrected chi connectivity index (χ3v) is 3.66. The average molecular weight is 262 g/mol. The number of hydrogen-bond donors (Lipinski definition) is 3. The zero-order valence-corrected chi connectivity index (χ0v) is 11.5. The Balaban J connectivity index is 2.06. The van der Waals surface area contributed by atoms with Crippen molar-refractivity contribution in [3.8, 4) is 0 Å². The Morgan fingerprint density at radius 2 is 2.21 bits per heavy atom. The summed E-state index contributed by atoms with van der Waals surface area (Å²) >= 11 is 0. The monoisotopic (exact) mass is 262 g/mol. The molecule has 1 aliphatic heterocycles. The van der Waals surface area contributed by atoms with Crippen molar-refractivity contribution in [2.24, 2.45) is 5.92 Å². The summed E-state index contributed by atoms with van der Waals surface area (Å²) in [6.45, 7) is 4.69. The number of aliphatic hydroxyl groups is 1. The van der Waals surface area contributed by atoms with Crippen molar-refractivity contribution in [2.45, 2.75) is 38.8 Å². The molecule has 1 fully saturated rings. The molecule has 3 atom stereocenters. The number of nitrogens with one attached hydrogen (secondary N) is 2. The van der Waals surface area contributed by atoms with Gasteiger partial charge in [-0.25, -0.2) is 0 Å². The quantitative estimate of drug-likeness (QED) is 0.781. The maximum Gasteiger partial charge on any atom is 0.227 e. The zero-order chi connectivity index (χ0) is 13.8. The summed E-state index contributed by atoms with van der Waals surface area (Å²) in [7, 11) is 0. The molecule has 0 bridgehead atoms. The van der Waals surface area contributed by atoms with Crippen LogP contribution in [-0.4, -0.2) is 23.6 Å². The third-order valence-electron chi connectivity index (χ3n) is 3.66. The van der Waals surface area contributed by atoms with E-state index in [-0.39, 0.29) is 11.8 Å². The van der Waals surface area contributed by atoms with Crippen LogP contribution in [0.1, 0.15) is 38.4 Å². The lowest BCUT2D eigenvalue weighted by molar-refractivity contribution is -0.120. The van der Waals surface area contributed by atoms with Crippen molar-refractivity contribution < 1.29 is 9.90 Å². The van der Waals surface area contributed by atoms with Gasteiger partial charge in [0.1, 0.15) is 0 Å². The first-order valence-corrected chi connectivity index (χ1v) is 6.89. The van der Waals surface area contributed by atoms with Crippen LogP contribution >= 0.6 is 0 Å². The number of amides is 1. The van der Waals surface area contributed by atoms with Crippen molar-refractivity contribution in [1.29, 1.82) is 0 Å². The predicted molar refractivity (Wildman–Crippen MR) is 75.9 cm³/mol. The molecule has 0 radical (unpaired) electrons. The fourth-order valence-corrected chi connectivity index (χ4v) is 2.58. The molecule has 3 N–H and O–H groups in total. The highest BCUT2D eigenvalue weighted by atomic mass is 16.3. The lowest BCUT2D eigenvalue weighted by atomic mass is 9.92. The molecule has 2 rings (SSSR count). The Labute approximate surface area is 114 Å². The molecule has 3 unspecified atom stereocenters. The number of anilines is 1. The molecule has 104 valence electrons. The van der Waals surface area contributed by atoms with Gasteiger partial charge in [-0.3, -0.25) is 4.79 Å². The van der Waals surface area contributed by atoms with Crippen LogP contribution in [0, 0.1) is 5.92 Å². The maximum atomic E-state index is 12.3. The number of rotatable bonds is 3. The fraction of sp³-hybridized carbons (Fsp3) is 0.533. The topological polar surface area (TPSA) is 61.4 Å². The second-order valence-electron chi connectivity index (χ2n) is 5.33. The smallest absolute Gasteiger partial charge is 0.227 e. The summed E-state index contributed by atoms with van der Waals surface area (Å²) in [5, 5.41) is 16.0. The van der Waals surface area contributed by atoms with Gasteiger partial charge in [-0.15, -0.1) is 0 Å². The summed E-state index contributed by atoms with van der Waals surface area (Å²) in [5.74, 6) is 0.111. The molecular formula is C15H22N2O2.